The first kappa shape index (κ1) is 27.4. The van der Waals surface area contributed by atoms with E-state index in [9.17, 15) is 4.79 Å². The van der Waals surface area contributed by atoms with Crippen LogP contribution in [0.2, 0.25) is 0 Å². The predicted molar refractivity (Wildman–Crippen MR) is 188 cm³/mol. The first-order chi connectivity index (χ1) is 22.6. The van der Waals surface area contributed by atoms with Crippen LogP contribution in [0.1, 0.15) is 32.6 Å². The average Bonchev–Trinajstić information content (AvgIpc) is 3.11. The highest BCUT2D eigenvalue weighted by Gasteiger charge is 2.16. The van der Waals surface area contributed by atoms with Crippen molar-refractivity contribution in [3.05, 3.63) is 161 Å². The van der Waals surface area contributed by atoms with Gasteiger partial charge in [0.2, 0.25) is 0 Å². The van der Waals surface area contributed by atoms with Gasteiger partial charge in [-0.05, 0) is 118 Å². The minimum absolute atomic E-state index is 0.0529. The van der Waals surface area contributed by atoms with Crippen molar-refractivity contribution in [2.75, 3.05) is 7.11 Å². The standard InChI is InChI=1S/C43H28O3/c1-27-12-23-37-38-24-25-40(39-11-5-10-36(42(38)39)35-9-4-8-34(27)41(35)37)46-33-19-15-28(16-20-33)13-14-29-6-3-7-31(26-29)43(44)30-17-21-32(45-2)22-18-30/h3-12,15-26H,1-2H3. The molecule has 0 bridgehead atoms. The van der Waals surface area contributed by atoms with E-state index < -0.39 is 0 Å². The molecule has 0 N–H and O–H groups in total. The van der Waals surface area contributed by atoms with Crippen LogP contribution < -0.4 is 9.47 Å². The molecule has 0 aromatic heterocycles. The normalized spacial score (nSPS) is 11.2. The van der Waals surface area contributed by atoms with Crippen molar-refractivity contribution in [2.45, 2.75) is 6.92 Å². The Labute approximate surface area is 267 Å². The molecule has 0 radical (unpaired) electrons. The van der Waals surface area contributed by atoms with E-state index in [1.165, 1.54) is 43.3 Å². The molecular weight excluding hydrogens is 564 g/mol. The Morgan fingerprint density at radius 2 is 1.11 bits per heavy atom. The molecule has 0 aliphatic rings. The number of carbonyl (C=O) groups excluding carboxylic acids is 1. The first-order valence-electron chi connectivity index (χ1n) is 15.2. The maximum Gasteiger partial charge on any atom is 0.193 e. The second-order valence-corrected chi connectivity index (χ2v) is 11.5. The molecule has 0 saturated heterocycles. The van der Waals surface area contributed by atoms with Crippen molar-refractivity contribution in [1.82, 2.24) is 0 Å². The Hall–Kier alpha value is -6.11. The molecular formula is C43H28O3. The van der Waals surface area contributed by atoms with Crippen molar-refractivity contribution in [2.24, 2.45) is 0 Å². The van der Waals surface area contributed by atoms with Gasteiger partial charge in [-0.3, -0.25) is 4.79 Å². The lowest BCUT2D eigenvalue weighted by molar-refractivity contribution is 0.103. The van der Waals surface area contributed by atoms with Crippen LogP contribution in [0.15, 0.2) is 133 Å². The summed E-state index contributed by atoms with van der Waals surface area (Å²) in [5.74, 6) is 8.65. The number of ketones is 1. The summed E-state index contributed by atoms with van der Waals surface area (Å²) in [5.41, 5.74) is 4.12. The number of hydrogen-bond acceptors (Lipinski definition) is 3. The quantitative estimate of drug-likeness (QED) is 0.0863. The Kier molecular flexibility index (Phi) is 6.63. The van der Waals surface area contributed by atoms with E-state index in [0.29, 0.717) is 16.9 Å². The molecule has 0 amide bonds. The van der Waals surface area contributed by atoms with Gasteiger partial charge in [0, 0.05) is 33.0 Å². The van der Waals surface area contributed by atoms with Gasteiger partial charge in [0.25, 0.3) is 0 Å². The molecule has 0 saturated carbocycles. The van der Waals surface area contributed by atoms with Crippen molar-refractivity contribution >= 4 is 48.9 Å². The van der Waals surface area contributed by atoms with Crippen LogP contribution in [0.4, 0.5) is 0 Å². The van der Waals surface area contributed by atoms with E-state index >= 15 is 0 Å². The zero-order chi connectivity index (χ0) is 31.2. The third kappa shape index (κ3) is 4.69. The van der Waals surface area contributed by atoms with Gasteiger partial charge in [-0.15, -0.1) is 0 Å². The molecule has 3 heteroatoms. The van der Waals surface area contributed by atoms with Crippen LogP contribution in [0.5, 0.6) is 17.2 Å². The van der Waals surface area contributed by atoms with Crippen LogP contribution >= 0.6 is 0 Å². The SMILES string of the molecule is COc1ccc(C(=O)c2cccc(C#Cc3ccc(Oc4ccc5c6ccc(C)c7cccc(c8cccc4c85)c76)cc3)c2)cc1. The highest BCUT2D eigenvalue weighted by molar-refractivity contribution is 6.33. The number of benzene rings is 8. The molecule has 0 aliphatic heterocycles. The first-order valence-corrected chi connectivity index (χ1v) is 15.2. The number of carbonyl (C=O) groups is 1. The summed E-state index contributed by atoms with van der Waals surface area (Å²) < 4.78 is 11.7. The molecule has 3 nitrogen and oxygen atoms in total. The highest BCUT2D eigenvalue weighted by atomic mass is 16.5. The molecule has 0 atom stereocenters. The summed E-state index contributed by atoms with van der Waals surface area (Å²) in [6.07, 6.45) is 0. The largest absolute Gasteiger partial charge is 0.497 e. The zero-order valence-electron chi connectivity index (χ0n) is 25.4. The molecule has 0 spiro atoms. The third-order valence-electron chi connectivity index (χ3n) is 8.75. The van der Waals surface area contributed by atoms with Crippen LogP contribution in [0.25, 0.3) is 43.1 Å². The molecule has 0 fully saturated rings. The lowest BCUT2D eigenvalue weighted by Gasteiger charge is -2.17. The van der Waals surface area contributed by atoms with Crippen LogP contribution in [0.3, 0.4) is 0 Å². The van der Waals surface area contributed by atoms with E-state index in [1.54, 1.807) is 31.4 Å². The Balaban J connectivity index is 1.07. The fourth-order valence-corrected chi connectivity index (χ4v) is 6.44. The number of fused-ring (bicyclic) bond motifs is 2. The maximum absolute atomic E-state index is 13.0. The fraction of sp³-hybridized carbons (Fsp3) is 0.0465. The topological polar surface area (TPSA) is 35.5 Å². The predicted octanol–water partition coefficient (Wildman–Crippen LogP) is 10.5. The Morgan fingerprint density at radius 1 is 0.522 bits per heavy atom. The summed E-state index contributed by atoms with van der Waals surface area (Å²) in [4.78, 5) is 13.0. The smallest absolute Gasteiger partial charge is 0.193 e. The lowest BCUT2D eigenvalue weighted by Crippen LogP contribution is -2.01. The van der Waals surface area contributed by atoms with Crippen molar-refractivity contribution < 1.29 is 14.3 Å². The van der Waals surface area contributed by atoms with E-state index in [-0.39, 0.29) is 5.78 Å². The number of methoxy groups -OCH3 is 1. The fourth-order valence-electron chi connectivity index (χ4n) is 6.44. The third-order valence-corrected chi connectivity index (χ3v) is 8.75. The molecule has 46 heavy (non-hydrogen) atoms. The summed E-state index contributed by atoms with van der Waals surface area (Å²) >= 11 is 0. The van der Waals surface area contributed by atoms with Gasteiger partial charge in [0.05, 0.1) is 7.11 Å². The minimum Gasteiger partial charge on any atom is -0.497 e. The van der Waals surface area contributed by atoms with Gasteiger partial charge in [0.1, 0.15) is 17.2 Å². The van der Waals surface area contributed by atoms with E-state index in [0.717, 1.165) is 28.0 Å². The number of rotatable bonds is 5. The van der Waals surface area contributed by atoms with Crippen LogP contribution in [-0.4, -0.2) is 12.9 Å². The average molecular weight is 593 g/mol. The van der Waals surface area contributed by atoms with Gasteiger partial charge < -0.3 is 9.47 Å². The van der Waals surface area contributed by atoms with E-state index in [4.69, 9.17) is 9.47 Å². The molecule has 218 valence electrons. The van der Waals surface area contributed by atoms with Gasteiger partial charge in [-0.2, -0.15) is 0 Å². The zero-order valence-corrected chi connectivity index (χ0v) is 25.4. The van der Waals surface area contributed by atoms with Gasteiger partial charge in [-0.1, -0.05) is 72.5 Å². The maximum atomic E-state index is 13.0. The summed E-state index contributed by atoms with van der Waals surface area (Å²) in [6, 6.07) is 44.2. The summed E-state index contributed by atoms with van der Waals surface area (Å²) in [6.45, 7) is 2.18. The van der Waals surface area contributed by atoms with Crippen LogP contribution in [0, 0.1) is 18.8 Å². The Bertz CT molecular complexity index is 2470. The molecule has 0 aliphatic carbocycles. The van der Waals surface area contributed by atoms with Gasteiger partial charge in [0.15, 0.2) is 5.78 Å². The van der Waals surface area contributed by atoms with Crippen molar-refractivity contribution in [3.8, 4) is 29.1 Å². The molecule has 8 aromatic rings. The van der Waals surface area contributed by atoms with Crippen molar-refractivity contribution in [3.63, 3.8) is 0 Å². The second kappa shape index (κ2) is 11.1. The highest BCUT2D eigenvalue weighted by Crippen LogP contribution is 2.44. The molecule has 0 unspecified atom stereocenters. The summed E-state index contributed by atoms with van der Waals surface area (Å²) in [7, 11) is 1.61. The number of aryl methyl sites for hydroxylation is 1. The number of hydrogen-bond donors (Lipinski definition) is 0. The Morgan fingerprint density at radius 3 is 1.85 bits per heavy atom. The lowest BCUT2D eigenvalue weighted by atomic mass is 9.88. The van der Waals surface area contributed by atoms with E-state index in [1.807, 2.05) is 48.5 Å². The number of ether oxygens (including phenoxy) is 2. The van der Waals surface area contributed by atoms with Crippen LogP contribution in [-0.2, 0) is 0 Å². The second-order valence-electron chi connectivity index (χ2n) is 11.5. The monoisotopic (exact) mass is 592 g/mol. The van der Waals surface area contributed by atoms with Gasteiger partial charge in [-0.25, -0.2) is 0 Å². The minimum atomic E-state index is -0.0529. The van der Waals surface area contributed by atoms with E-state index in [2.05, 4.69) is 79.4 Å². The van der Waals surface area contributed by atoms with Gasteiger partial charge >= 0.3 is 0 Å². The summed E-state index contributed by atoms with van der Waals surface area (Å²) in [5, 5.41) is 9.95. The molecule has 0 heterocycles. The van der Waals surface area contributed by atoms with Crippen molar-refractivity contribution in [1.29, 1.82) is 0 Å². The molecule has 8 aromatic carbocycles. The molecule has 8 rings (SSSR count).